The van der Waals surface area contributed by atoms with Gasteiger partial charge >= 0.3 is 11.7 Å². The van der Waals surface area contributed by atoms with E-state index in [4.69, 9.17) is 4.74 Å². The van der Waals surface area contributed by atoms with Crippen LogP contribution in [0.15, 0.2) is 9.59 Å². The van der Waals surface area contributed by atoms with E-state index in [0.29, 0.717) is 30.1 Å². The van der Waals surface area contributed by atoms with E-state index in [1.807, 2.05) is 13.8 Å². The van der Waals surface area contributed by atoms with Crippen LogP contribution in [0, 0.1) is 5.92 Å². The molecular formula is C17H24N4O4. The summed E-state index contributed by atoms with van der Waals surface area (Å²) in [5.74, 6) is 0.301. The molecule has 1 aliphatic carbocycles. The number of aryl methyl sites for hydroxylation is 2. The number of aromatic amines is 1. The number of carbonyl (C=O) groups excluding carboxylic acids is 1. The van der Waals surface area contributed by atoms with Crippen LogP contribution in [0.25, 0.3) is 11.2 Å². The maximum absolute atomic E-state index is 12.4. The van der Waals surface area contributed by atoms with Gasteiger partial charge in [0.05, 0.1) is 5.92 Å². The van der Waals surface area contributed by atoms with Crippen LogP contribution in [-0.2, 0) is 29.2 Å². The average Bonchev–Trinajstić information content (AvgIpc) is 3.36. The van der Waals surface area contributed by atoms with Gasteiger partial charge in [0.25, 0.3) is 5.56 Å². The molecule has 0 bridgehead atoms. The Bertz CT molecular complexity index is 888. The second kappa shape index (κ2) is 7.25. The van der Waals surface area contributed by atoms with Gasteiger partial charge in [-0.1, -0.05) is 20.3 Å². The van der Waals surface area contributed by atoms with E-state index in [1.165, 1.54) is 4.57 Å². The molecule has 3 rings (SSSR count). The van der Waals surface area contributed by atoms with Gasteiger partial charge in [0.2, 0.25) is 0 Å². The Hall–Kier alpha value is -2.38. The Morgan fingerprint density at radius 3 is 2.60 bits per heavy atom. The van der Waals surface area contributed by atoms with Crippen molar-refractivity contribution in [2.75, 3.05) is 0 Å². The number of nitrogens with zero attached hydrogens (tertiary/aromatic N) is 3. The van der Waals surface area contributed by atoms with Crippen LogP contribution < -0.4 is 11.2 Å². The molecule has 1 fully saturated rings. The third kappa shape index (κ3) is 3.52. The number of imidazole rings is 1. The van der Waals surface area contributed by atoms with Gasteiger partial charge in [-0.2, -0.15) is 0 Å². The van der Waals surface area contributed by atoms with Crippen LogP contribution in [-0.4, -0.2) is 25.1 Å². The zero-order valence-corrected chi connectivity index (χ0v) is 14.7. The number of nitrogens with one attached hydrogen (secondary N) is 1. The van der Waals surface area contributed by atoms with E-state index in [-0.39, 0.29) is 18.5 Å². The van der Waals surface area contributed by atoms with E-state index >= 15 is 0 Å². The van der Waals surface area contributed by atoms with Crippen LogP contribution in [0.3, 0.4) is 0 Å². The van der Waals surface area contributed by atoms with Crippen molar-refractivity contribution in [1.29, 1.82) is 0 Å². The Kier molecular flexibility index (Phi) is 5.06. The van der Waals surface area contributed by atoms with Crippen molar-refractivity contribution >= 4 is 17.1 Å². The van der Waals surface area contributed by atoms with E-state index in [1.54, 1.807) is 4.57 Å². The van der Waals surface area contributed by atoms with Crippen LogP contribution >= 0.6 is 0 Å². The predicted octanol–water partition coefficient (Wildman–Crippen LogP) is 1.55. The molecule has 2 heterocycles. The van der Waals surface area contributed by atoms with Crippen LogP contribution in [0.2, 0.25) is 0 Å². The first-order valence-corrected chi connectivity index (χ1v) is 8.95. The highest BCUT2D eigenvalue weighted by molar-refractivity contribution is 5.75. The highest BCUT2D eigenvalue weighted by atomic mass is 16.5. The SMILES string of the molecule is CCCCn1c(=O)[nH]c(=O)c2c1nc(COC(=O)C1CC1)n2CCC. The minimum atomic E-state index is -0.450. The van der Waals surface area contributed by atoms with Crippen molar-refractivity contribution in [3.63, 3.8) is 0 Å². The van der Waals surface area contributed by atoms with E-state index in [2.05, 4.69) is 9.97 Å². The molecule has 8 nitrogen and oxygen atoms in total. The van der Waals surface area contributed by atoms with Crippen molar-refractivity contribution in [2.45, 2.75) is 65.6 Å². The minimum Gasteiger partial charge on any atom is -0.457 e. The van der Waals surface area contributed by atoms with Gasteiger partial charge in [-0.25, -0.2) is 9.78 Å². The fourth-order valence-electron chi connectivity index (χ4n) is 2.89. The molecule has 0 aliphatic heterocycles. The van der Waals surface area contributed by atoms with Gasteiger partial charge < -0.3 is 9.30 Å². The summed E-state index contributed by atoms with van der Waals surface area (Å²) in [5, 5.41) is 0. The lowest BCUT2D eigenvalue weighted by molar-refractivity contribution is -0.146. The highest BCUT2D eigenvalue weighted by Crippen LogP contribution is 2.30. The van der Waals surface area contributed by atoms with E-state index in [9.17, 15) is 14.4 Å². The largest absolute Gasteiger partial charge is 0.457 e. The third-order valence-corrected chi connectivity index (χ3v) is 4.40. The Morgan fingerprint density at radius 1 is 1.20 bits per heavy atom. The Labute approximate surface area is 144 Å². The summed E-state index contributed by atoms with van der Waals surface area (Å²) in [7, 11) is 0. The number of rotatable bonds is 8. The number of carbonyl (C=O) groups is 1. The second-order valence-corrected chi connectivity index (χ2v) is 6.50. The molecule has 1 N–H and O–H groups in total. The summed E-state index contributed by atoms with van der Waals surface area (Å²) < 4.78 is 8.60. The molecule has 2 aromatic heterocycles. The topological polar surface area (TPSA) is 99.0 Å². The van der Waals surface area contributed by atoms with Crippen LogP contribution in [0.1, 0.15) is 51.8 Å². The highest BCUT2D eigenvalue weighted by Gasteiger charge is 2.31. The Morgan fingerprint density at radius 2 is 1.96 bits per heavy atom. The predicted molar refractivity (Wildman–Crippen MR) is 92.3 cm³/mol. The maximum atomic E-state index is 12.4. The van der Waals surface area contributed by atoms with Crippen LogP contribution in [0.5, 0.6) is 0 Å². The number of aromatic nitrogens is 4. The van der Waals surface area contributed by atoms with Gasteiger partial charge in [-0.3, -0.25) is 19.1 Å². The first kappa shape index (κ1) is 17.4. The molecule has 0 atom stereocenters. The van der Waals surface area contributed by atoms with Gasteiger partial charge in [-0.05, 0) is 25.7 Å². The number of hydrogen-bond acceptors (Lipinski definition) is 5. The van der Waals surface area contributed by atoms with Crippen molar-refractivity contribution in [1.82, 2.24) is 19.1 Å². The summed E-state index contributed by atoms with van der Waals surface area (Å²) in [6, 6.07) is 0. The smallest absolute Gasteiger partial charge is 0.330 e. The first-order chi connectivity index (χ1) is 12.1. The van der Waals surface area contributed by atoms with Gasteiger partial charge in [0, 0.05) is 13.1 Å². The lowest BCUT2D eigenvalue weighted by atomic mass is 10.3. The van der Waals surface area contributed by atoms with Crippen molar-refractivity contribution in [3.8, 4) is 0 Å². The van der Waals surface area contributed by atoms with Crippen molar-refractivity contribution in [3.05, 3.63) is 26.7 Å². The molecule has 25 heavy (non-hydrogen) atoms. The molecule has 0 radical (unpaired) electrons. The van der Waals surface area contributed by atoms with Gasteiger partial charge in [-0.15, -0.1) is 0 Å². The van der Waals surface area contributed by atoms with E-state index < -0.39 is 11.2 Å². The molecule has 0 saturated heterocycles. The molecule has 1 saturated carbocycles. The summed E-state index contributed by atoms with van der Waals surface area (Å²) in [5.41, 5.74) is -0.162. The van der Waals surface area contributed by atoms with Crippen molar-refractivity contribution < 1.29 is 9.53 Å². The molecule has 0 unspecified atom stereocenters. The quantitative estimate of drug-likeness (QED) is 0.730. The Balaban J connectivity index is 2.04. The minimum absolute atomic E-state index is 0.00939. The fourth-order valence-corrected chi connectivity index (χ4v) is 2.89. The summed E-state index contributed by atoms with van der Waals surface area (Å²) in [4.78, 5) is 43.2. The zero-order valence-electron chi connectivity index (χ0n) is 14.7. The van der Waals surface area contributed by atoms with Crippen molar-refractivity contribution in [2.24, 2.45) is 5.92 Å². The third-order valence-electron chi connectivity index (χ3n) is 4.40. The molecule has 2 aromatic rings. The van der Waals surface area contributed by atoms with Crippen LogP contribution in [0.4, 0.5) is 0 Å². The molecule has 8 heteroatoms. The number of H-pyrrole nitrogens is 1. The summed E-state index contributed by atoms with van der Waals surface area (Å²) in [6.45, 7) is 5.11. The molecule has 1 aliphatic rings. The molecule has 0 aromatic carbocycles. The fraction of sp³-hybridized carbons (Fsp3) is 0.647. The number of esters is 1. The lowest BCUT2D eigenvalue weighted by Crippen LogP contribution is -2.31. The normalized spacial score (nSPS) is 14.2. The summed E-state index contributed by atoms with van der Waals surface area (Å²) >= 11 is 0. The molecular weight excluding hydrogens is 324 g/mol. The number of unbranched alkanes of at least 4 members (excludes halogenated alkanes) is 1. The van der Waals surface area contributed by atoms with Gasteiger partial charge in [0.15, 0.2) is 11.2 Å². The maximum Gasteiger partial charge on any atom is 0.330 e. The molecule has 0 spiro atoms. The second-order valence-electron chi connectivity index (χ2n) is 6.50. The van der Waals surface area contributed by atoms with Gasteiger partial charge in [0.1, 0.15) is 12.4 Å². The average molecular weight is 348 g/mol. The number of hydrogen-bond donors (Lipinski definition) is 1. The monoisotopic (exact) mass is 348 g/mol. The molecule has 0 amide bonds. The number of fused-ring (bicyclic) bond motifs is 1. The lowest BCUT2D eigenvalue weighted by Gasteiger charge is -2.08. The number of ether oxygens (including phenoxy) is 1. The standard InChI is InChI=1S/C17H24N4O4/c1-3-5-9-21-14-13(15(22)19-17(21)24)20(8-4-2)12(18-14)10-25-16(23)11-6-7-11/h11H,3-10H2,1-2H3,(H,19,22,24). The first-order valence-electron chi connectivity index (χ1n) is 8.95. The molecule has 136 valence electrons. The summed E-state index contributed by atoms with van der Waals surface area (Å²) in [6.07, 6.45) is 4.28. The zero-order chi connectivity index (χ0) is 18.0. The van der Waals surface area contributed by atoms with E-state index in [0.717, 1.165) is 32.1 Å².